The Morgan fingerprint density at radius 1 is 0.288 bits per heavy atom. The molecule has 0 fully saturated rings. The average molecular weight is 665 g/mol. The summed E-state index contributed by atoms with van der Waals surface area (Å²) >= 11 is 0. The minimum atomic E-state index is 0.613. The highest BCUT2D eigenvalue weighted by molar-refractivity contribution is 6.14. The van der Waals surface area contributed by atoms with Gasteiger partial charge in [0, 0.05) is 49.4 Å². The van der Waals surface area contributed by atoms with Gasteiger partial charge in [-0.1, -0.05) is 158 Å². The smallest absolute Gasteiger partial charge is 0.164 e. The van der Waals surface area contributed by atoms with Crippen LogP contribution < -0.4 is 0 Å². The Kier molecular flexibility index (Phi) is 7.03. The third-order valence-corrected chi connectivity index (χ3v) is 9.48. The molecule has 10 rings (SSSR count). The van der Waals surface area contributed by atoms with Gasteiger partial charge in [0.1, 0.15) is 0 Å². The van der Waals surface area contributed by atoms with Crippen LogP contribution in [0.3, 0.4) is 0 Å². The first-order chi connectivity index (χ1) is 25.7. The van der Waals surface area contributed by atoms with E-state index >= 15 is 0 Å². The molecule has 0 atom stereocenters. The fourth-order valence-corrected chi connectivity index (χ4v) is 6.87. The predicted molar refractivity (Wildman–Crippen MR) is 210 cm³/mol. The summed E-state index contributed by atoms with van der Waals surface area (Å²) in [5, 5.41) is 4.13. The van der Waals surface area contributed by atoms with Crippen LogP contribution in [0.15, 0.2) is 170 Å². The molecular formula is C46H28N6. The van der Waals surface area contributed by atoms with Crippen LogP contribution in [0.1, 0.15) is 0 Å². The van der Waals surface area contributed by atoms with Crippen LogP contribution in [-0.2, 0) is 0 Å². The van der Waals surface area contributed by atoms with Gasteiger partial charge in [0.25, 0.3) is 0 Å². The van der Waals surface area contributed by atoms with E-state index in [2.05, 4.69) is 91.0 Å². The first-order valence-electron chi connectivity index (χ1n) is 17.2. The quantitative estimate of drug-likeness (QED) is 0.135. The van der Waals surface area contributed by atoms with Crippen molar-refractivity contribution in [1.82, 2.24) is 29.9 Å². The highest BCUT2D eigenvalue weighted by Crippen LogP contribution is 2.35. The molecule has 0 aliphatic heterocycles. The van der Waals surface area contributed by atoms with Crippen LogP contribution >= 0.6 is 0 Å². The molecule has 4 aromatic heterocycles. The Labute approximate surface area is 299 Å². The molecule has 0 bridgehead atoms. The number of benzene rings is 6. The molecule has 10 aromatic rings. The zero-order chi connectivity index (χ0) is 34.4. The maximum Gasteiger partial charge on any atom is 0.164 e. The van der Waals surface area contributed by atoms with Crippen molar-refractivity contribution in [1.29, 1.82) is 0 Å². The molecule has 4 heterocycles. The Morgan fingerprint density at radius 2 is 0.769 bits per heavy atom. The molecular weight excluding hydrogens is 637 g/mol. The Balaban J connectivity index is 1.10. The van der Waals surface area contributed by atoms with Crippen LogP contribution in [0.2, 0.25) is 0 Å². The fraction of sp³-hybridized carbons (Fsp3) is 0. The van der Waals surface area contributed by atoms with Gasteiger partial charge in [-0.15, -0.1) is 0 Å². The van der Waals surface area contributed by atoms with Gasteiger partial charge in [-0.25, -0.2) is 29.9 Å². The lowest BCUT2D eigenvalue weighted by Gasteiger charge is -2.12. The van der Waals surface area contributed by atoms with Crippen molar-refractivity contribution in [3.63, 3.8) is 0 Å². The van der Waals surface area contributed by atoms with E-state index in [-0.39, 0.29) is 0 Å². The Morgan fingerprint density at radius 3 is 1.40 bits per heavy atom. The SMILES string of the molecule is c1ccc(-c2ccc3ccc4cc5nc(-c6ccc(-c7nc(-c8ccccc8)nc(-c8ccccc8)n7)cc6)c6ccccc6c5nc4c3n2)cc1. The molecule has 6 heteroatoms. The second kappa shape index (κ2) is 12.3. The number of aromatic nitrogens is 6. The van der Waals surface area contributed by atoms with Gasteiger partial charge >= 0.3 is 0 Å². The second-order valence-electron chi connectivity index (χ2n) is 12.7. The molecule has 0 saturated carbocycles. The lowest BCUT2D eigenvalue weighted by Crippen LogP contribution is -2.00. The van der Waals surface area contributed by atoms with E-state index in [1.807, 2.05) is 78.9 Å². The van der Waals surface area contributed by atoms with Crippen LogP contribution in [0.4, 0.5) is 0 Å². The molecule has 0 saturated heterocycles. The second-order valence-corrected chi connectivity index (χ2v) is 12.7. The van der Waals surface area contributed by atoms with Gasteiger partial charge in [0.05, 0.1) is 33.5 Å². The summed E-state index contributed by atoms with van der Waals surface area (Å²) in [5.41, 5.74) is 10.1. The minimum absolute atomic E-state index is 0.613. The van der Waals surface area contributed by atoms with Crippen molar-refractivity contribution in [3.8, 4) is 56.7 Å². The summed E-state index contributed by atoms with van der Waals surface area (Å²) in [7, 11) is 0. The topological polar surface area (TPSA) is 77.3 Å². The van der Waals surface area contributed by atoms with Crippen LogP contribution in [-0.4, -0.2) is 29.9 Å². The van der Waals surface area contributed by atoms with E-state index in [0.29, 0.717) is 17.5 Å². The molecule has 0 amide bonds. The van der Waals surface area contributed by atoms with E-state index in [9.17, 15) is 0 Å². The van der Waals surface area contributed by atoms with Crippen molar-refractivity contribution in [2.45, 2.75) is 0 Å². The molecule has 6 nitrogen and oxygen atoms in total. The highest BCUT2D eigenvalue weighted by atomic mass is 15.0. The molecule has 52 heavy (non-hydrogen) atoms. The van der Waals surface area contributed by atoms with Gasteiger partial charge in [-0.3, -0.25) is 0 Å². The third-order valence-electron chi connectivity index (χ3n) is 9.48. The number of nitrogens with zero attached hydrogens (tertiary/aromatic N) is 6. The van der Waals surface area contributed by atoms with Gasteiger partial charge in [0.15, 0.2) is 17.5 Å². The maximum absolute atomic E-state index is 5.28. The summed E-state index contributed by atoms with van der Waals surface area (Å²) in [6.45, 7) is 0. The van der Waals surface area contributed by atoms with Crippen LogP contribution in [0, 0.1) is 0 Å². The van der Waals surface area contributed by atoms with Gasteiger partial charge in [0.2, 0.25) is 0 Å². The zero-order valence-electron chi connectivity index (χ0n) is 27.8. The Bertz CT molecular complexity index is 2870. The van der Waals surface area contributed by atoms with E-state index in [1.165, 1.54) is 0 Å². The van der Waals surface area contributed by atoms with Gasteiger partial charge < -0.3 is 0 Å². The summed E-state index contributed by atoms with van der Waals surface area (Å²) in [5.74, 6) is 1.88. The van der Waals surface area contributed by atoms with Crippen molar-refractivity contribution < 1.29 is 0 Å². The lowest BCUT2D eigenvalue weighted by atomic mass is 10.00. The normalized spacial score (nSPS) is 11.5. The standard InChI is InChI=1S/C46H28N6/c1-4-12-29(13-5-1)38-27-26-31-22-25-35-28-39-43(49-42(35)41(31)47-38)37-19-11-10-18-36(37)40(48-39)30-20-23-34(24-21-30)46-51-44(32-14-6-2-7-15-32)50-45(52-46)33-16-8-3-9-17-33/h1-28H. The van der Waals surface area contributed by atoms with Crippen molar-refractivity contribution in [2.75, 3.05) is 0 Å². The number of pyridine rings is 3. The molecule has 6 aromatic carbocycles. The summed E-state index contributed by atoms with van der Waals surface area (Å²) < 4.78 is 0. The van der Waals surface area contributed by atoms with E-state index in [0.717, 1.165) is 82.8 Å². The summed E-state index contributed by atoms with van der Waals surface area (Å²) in [6, 6.07) is 57.6. The monoisotopic (exact) mass is 664 g/mol. The summed E-state index contributed by atoms with van der Waals surface area (Å²) in [4.78, 5) is 30.3. The number of hydrogen-bond acceptors (Lipinski definition) is 6. The Hall–Kier alpha value is -7.18. The van der Waals surface area contributed by atoms with Gasteiger partial charge in [-0.05, 0) is 12.1 Å². The lowest BCUT2D eigenvalue weighted by molar-refractivity contribution is 1.07. The van der Waals surface area contributed by atoms with Crippen LogP contribution in [0.25, 0.3) is 100 Å². The van der Waals surface area contributed by atoms with E-state index < -0.39 is 0 Å². The highest BCUT2D eigenvalue weighted by Gasteiger charge is 2.16. The average Bonchev–Trinajstić information content (AvgIpc) is 3.23. The molecule has 0 N–H and O–H groups in total. The largest absolute Gasteiger partial charge is 0.245 e. The predicted octanol–water partition coefficient (Wildman–Crippen LogP) is 11.0. The summed E-state index contributed by atoms with van der Waals surface area (Å²) in [6.07, 6.45) is 0. The van der Waals surface area contributed by atoms with E-state index in [1.54, 1.807) is 0 Å². The first kappa shape index (κ1) is 29.7. The zero-order valence-corrected chi connectivity index (χ0v) is 27.8. The van der Waals surface area contributed by atoms with Crippen molar-refractivity contribution >= 4 is 43.6 Å². The molecule has 0 aliphatic carbocycles. The van der Waals surface area contributed by atoms with E-state index in [4.69, 9.17) is 29.9 Å². The van der Waals surface area contributed by atoms with Crippen molar-refractivity contribution in [3.05, 3.63) is 170 Å². The first-order valence-corrected chi connectivity index (χ1v) is 17.2. The molecule has 0 aliphatic rings. The fourth-order valence-electron chi connectivity index (χ4n) is 6.87. The third kappa shape index (κ3) is 5.22. The minimum Gasteiger partial charge on any atom is -0.245 e. The number of fused-ring (bicyclic) bond motifs is 6. The van der Waals surface area contributed by atoms with Crippen molar-refractivity contribution in [2.24, 2.45) is 0 Å². The molecule has 0 unspecified atom stereocenters. The maximum atomic E-state index is 5.28. The molecule has 0 spiro atoms. The molecule has 242 valence electrons. The number of hydrogen-bond donors (Lipinski definition) is 0. The van der Waals surface area contributed by atoms with Crippen LogP contribution in [0.5, 0.6) is 0 Å². The molecule has 0 radical (unpaired) electrons. The van der Waals surface area contributed by atoms with Gasteiger partial charge in [-0.2, -0.15) is 0 Å². The number of rotatable bonds is 5.